The molecule has 0 amide bonds. The Kier molecular flexibility index (Phi) is 3.78. The lowest BCUT2D eigenvalue weighted by molar-refractivity contribution is 0.223. The standard InChI is InChI=1S/C17H15N3OS/c1-10(2)21-17-19-15(13-6-4-5-12(8-13)9-18)14-7-11(3)22-16(14)20-17/h4-8,10H,1-3H3. The Hall–Kier alpha value is -2.45. The van der Waals surface area contributed by atoms with Crippen molar-refractivity contribution in [2.75, 3.05) is 0 Å². The number of hydrogen-bond donors (Lipinski definition) is 0. The maximum Gasteiger partial charge on any atom is 0.318 e. The minimum absolute atomic E-state index is 0.0109. The fourth-order valence-electron chi connectivity index (χ4n) is 2.24. The van der Waals surface area contributed by atoms with Gasteiger partial charge in [-0.05, 0) is 39.0 Å². The van der Waals surface area contributed by atoms with Gasteiger partial charge in [0.15, 0.2) is 0 Å². The molecule has 2 aromatic heterocycles. The third-order valence-corrected chi connectivity index (χ3v) is 4.05. The molecule has 0 saturated carbocycles. The third kappa shape index (κ3) is 2.78. The number of benzene rings is 1. The first-order valence-electron chi connectivity index (χ1n) is 7.02. The van der Waals surface area contributed by atoms with Gasteiger partial charge in [-0.15, -0.1) is 11.3 Å². The summed E-state index contributed by atoms with van der Waals surface area (Å²) >= 11 is 1.62. The number of nitriles is 1. The van der Waals surface area contributed by atoms with Crippen LogP contribution in [0.1, 0.15) is 24.3 Å². The van der Waals surface area contributed by atoms with Crippen molar-refractivity contribution in [3.63, 3.8) is 0 Å². The van der Waals surface area contributed by atoms with Crippen molar-refractivity contribution < 1.29 is 4.74 Å². The van der Waals surface area contributed by atoms with Crippen LogP contribution in [0.5, 0.6) is 6.01 Å². The quantitative estimate of drug-likeness (QED) is 0.722. The van der Waals surface area contributed by atoms with Crippen molar-refractivity contribution in [3.05, 3.63) is 40.8 Å². The Balaban J connectivity index is 2.23. The lowest BCUT2D eigenvalue weighted by Gasteiger charge is -2.10. The van der Waals surface area contributed by atoms with Crippen molar-refractivity contribution in [3.8, 4) is 23.3 Å². The van der Waals surface area contributed by atoms with Gasteiger partial charge in [0.1, 0.15) is 4.83 Å². The Morgan fingerprint density at radius 2 is 2.05 bits per heavy atom. The van der Waals surface area contributed by atoms with Gasteiger partial charge in [-0.1, -0.05) is 12.1 Å². The number of fused-ring (bicyclic) bond motifs is 1. The van der Waals surface area contributed by atoms with Crippen LogP contribution in [0.4, 0.5) is 0 Å². The minimum atomic E-state index is 0.0109. The second-order valence-electron chi connectivity index (χ2n) is 5.29. The zero-order valence-corrected chi connectivity index (χ0v) is 13.4. The normalized spacial score (nSPS) is 10.9. The monoisotopic (exact) mass is 309 g/mol. The Labute approximate surface area is 133 Å². The molecule has 0 radical (unpaired) electrons. The van der Waals surface area contributed by atoms with E-state index in [9.17, 15) is 0 Å². The summed E-state index contributed by atoms with van der Waals surface area (Å²) in [5, 5.41) is 10.1. The Morgan fingerprint density at radius 3 is 2.77 bits per heavy atom. The van der Waals surface area contributed by atoms with E-state index in [1.165, 1.54) is 4.88 Å². The predicted molar refractivity (Wildman–Crippen MR) is 88.1 cm³/mol. The molecule has 4 nitrogen and oxygen atoms in total. The average Bonchev–Trinajstić information content (AvgIpc) is 2.86. The van der Waals surface area contributed by atoms with Gasteiger partial charge in [-0.2, -0.15) is 15.2 Å². The van der Waals surface area contributed by atoms with Crippen LogP contribution in [0.25, 0.3) is 21.5 Å². The number of rotatable bonds is 3. The van der Waals surface area contributed by atoms with Gasteiger partial charge in [0.2, 0.25) is 0 Å². The van der Waals surface area contributed by atoms with Crippen molar-refractivity contribution in [2.24, 2.45) is 0 Å². The summed E-state index contributed by atoms with van der Waals surface area (Å²) in [6, 6.07) is 12.1. The highest BCUT2D eigenvalue weighted by Gasteiger charge is 2.14. The second-order valence-corrected chi connectivity index (χ2v) is 6.52. The SMILES string of the molecule is Cc1cc2c(-c3cccc(C#N)c3)nc(OC(C)C)nc2s1. The van der Waals surface area contributed by atoms with E-state index in [2.05, 4.69) is 22.1 Å². The zero-order valence-electron chi connectivity index (χ0n) is 12.6. The summed E-state index contributed by atoms with van der Waals surface area (Å²) in [6.45, 7) is 5.94. The van der Waals surface area contributed by atoms with Gasteiger partial charge in [-0.25, -0.2) is 0 Å². The molecule has 0 bridgehead atoms. The maximum atomic E-state index is 9.09. The zero-order chi connectivity index (χ0) is 15.7. The fraction of sp³-hybridized carbons (Fsp3) is 0.235. The second kappa shape index (κ2) is 5.74. The molecule has 0 aliphatic carbocycles. The third-order valence-electron chi connectivity index (χ3n) is 3.10. The van der Waals surface area contributed by atoms with Gasteiger partial charge in [0, 0.05) is 15.8 Å². The first-order valence-corrected chi connectivity index (χ1v) is 7.84. The van der Waals surface area contributed by atoms with E-state index in [1.54, 1.807) is 17.4 Å². The van der Waals surface area contributed by atoms with E-state index in [1.807, 2.05) is 39.0 Å². The Morgan fingerprint density at radius 1 is 1.23 bits per heavy atom. The molecule has 0 N–H and O–H groups in total. The first kappa shape index (κ1) is 14.5. The van der Waals surface area contributed by atoms with Crippen LogP contribution in [-0.4, -0.2) is 16.1 Å². The molecule has 2 heterocycles. The van der Waals surface area contributed by atoms with Gasteiger partial charge in [0.05, 0.1) is 23.4 Å². The summed E-state index contributed by atoms with van der Waals surface area (Å²) < 4.78 is 5.67. The first-order chi connectivity index (χ1) is 10.6. The molecule has 0 atom stereocenters. The summed E-state index contributed by atoms with van der Waals surface area (Å²) in [7, 11) is 0. The molecule has 3 rings (SSSR count). The lowest BCUT2D eigenvalue weighted by Crippen LogP contribution is -2.08. The summed E-state index contributed by atoms with van der Waals surface area (Å²) in [5.74, 6) is 0. The number of nitrogens with zero attached hydrogens (tertiary/aromatic N) is 3. The van der Waals surface area contributed by atoms with Crippen LogP contribution in [0.3, 0.4) is 0 Å². The molecule has 0 aliphatic heterocycles. The van der Waals surface area contributed by atoms with Crippen LogP contribution >= 0.6 is 11.3 Å². The number of thiophene rings is 1. The van der Waals surface area contributed by atoms with E-state index in [0.717, 1.165) is 21.5 Å². The minimum Gasteiger partial charge on any atom is -0.461 e. The van der Waals surface area contributed by atoms with Crippen LogP contribution in [0.2, 0.25) is 0 Å². The summed E-state index contributed by atoms with van der Waals surface area (Å²) in [6.07, 6.45) is 0.0109. The molecule has 22 heavy (non-hydrogen) atoms. The number of hydrogen-bond acceptors (Lipinski definition) is 5. The Bertz CT molecular complexity index is 877. The summed E-state index contributed by atoms with van der Waals surface area (Å²) in [5.41, 5.74) is 2.32. The highest BCUT2D eigenvalue weighted by atomic mass is 32.1. The van der Waals surface area contributed by atoms with E-state index in [0.29, 0.717) is 11.6 Å². The van der Waals surface area contributed by atoms with E-state index in [4.69, 9.17) is 10.00 Å². The van der Waals surface area contributed by atoms with Crippen molar-refractivity contribution >= 4 is 21.6 Å². The molecule has 0 aliphatic rings. The smallest absolute Gasteiger partial charge is 0.318 e. The van der Waals surface area contributed by atoms with Gasteiger partial charge in [0.25, 0.3) is 0 Å². The lowest BCUT2D eigenvalue weighted by atomic mass is 10.1. The molecule has 5 heteroatoms. The van der Waals surface area contributed by atoms with Crippen LogP contribution < -0.4 is 4.74 Å². The molecule has 3 aromatic rings. The van der Waals surface area contributed by atoms with E-state index < -0.39 is 0 Å². The fourth-order valence-corrected chi connectivity index (χ4v) is 3.11. The molecule has 110 valence electrons. The van der Waals surface area contributed by atoms with E-state index in [-0.39, 0.29) is 6.10 Å². The molecule has 0 saturated heterocycles. The largest absolute Gasteiger partial charge is 0.461 e. The van der Waals surface area contributed by atoms with Crippen molar-refractivity contribution in [1.29, 1.82) is 5.26 Å². The number of aryl methyl sites for hydroxylation is 1. The average molecular weight is 309 g/mol. The predicted octanol–water partition coefficient (Wildman–Crippen LogP) is 4.33. The topological polar surface area (TPSA) is 58.8 Å². The van der Waals surface area contributed by atoms with Crippen molar-refractivity contribution in [2.45, 2.75) is 26.9 Å². The van der Waals surface area contributed by atoms with Crippen LogP contribution in [0.15, 0.2) is 30.3 Å². The highest BCUT2D eigenvalue weighted by Crippen LogP contribution is 2.33. The van der Waals surface area contributed by atoms with E-state index >= 15 is 0 Å². The molecular weight excluding hydrogens is 294 g/mol. The van der Waals surface area contributed by atoms with Gasteiger partial charge in [-0.3, -0.25) is 0 Å². The van der Waals surface area contributed by atoms with Gasteiger partial charge < -0.3 is 4.74 Å². The number of aromatic nitrogens is 2. The number of ether oxygens (including phenoxy) is 1. The molecule has 0 unspecified atom stereocenters. The van der Waals surface area contributed by atoms with Crippen molar-refractivity contribution in [1.82, 2.24) is 9.97 Å². The van der Waals surface area contributed by atoms with Gasteiger partial charge >= 0.3 is 6.01 Å². The van der Waals surface area contributed by atoms with Crippen LogP contribution in [-0.2, 0) is 0 Å². The summed E-state index contributed by atoms with van der Waals surface area (Å²) in [4.78, 5) is 11.1. The molecule has 1 aromatic carbocycles. The maximum absolute atomic E-state index is 9.09. The highest BCUT2D eigenvalue weighted by molar-refractivity contribution is 7.18. The molecule has 0 spiro atoms. The molecular formula is C17H15N3OS. The van der Waals surface area contributed by atoms with Crippen LogP contribution in [0, 0.1) is 18.3 Å². The molecule has 0 fully saturated rings.